The summed E-state index contributed by atoms with van der Waals surface area (Å²) < 4.78 is 13.1. The Morgan fingerprint density at radius 1 is 1.11 bits per heavy atom. The Bertz CT molecular complexity index is 1420. The highest BCUT2D eigenvalue weighted by atomic mass is 16.5. The monoisotopic (exact) mass is 481 g/mol. The Labute approximate surface area is 209 Å². The lowest BCUT2D eigenvalue weighted by Gasteiger charge is -2.14. The lowest BCUT2D eigenvalue weighted by atomic mass is 10.1. The van der Waals surface area contributed by atoms with E-state index >= 15 is 0 Å². The van der Waals surface area contributed by atoms with E-state index in [-0.39, 0.29) is 12.0 Å². The minimum Gasteiger partial charge on any atom is -0.467 e. The molecule has 8 heteroatoms. The van der Waals surface area contributed by atoms with E-state index in [9.17, 15) is 4.79 Å². The molecular weight excluding hydrogens is 454 g/mol. The van der Waals surface area contributed by atoms with Crippen LogP contribution in [0.2, 0.25) is 0 Å². The lowest BCUT2D eigenvalue weighted by molar-refractivity contribution is 0.0635. The average Bonchev–Trinajstić information content (AvgIpc) is 3.59. The van der Waals surface area contributed by atoms with Gasteiger partial charge in [0.15, 0.2) is 5.65 Å². The molecule has 0 aliphatic rings. The van der Waals surface area contributed by atoms with Crippen LogP contribution in [0.25, 0.3) is 22.3 Å². The van der Waals surface area contributed by atoms with Crippen molar-refractivity contribution < 1.29 is 13.9 Å². The molecule has 8 nitrogen and oxygen atoms in total. The van der Waals surface area contributed by atoms with Gasteiger partial charge in [-0.25, -0.2) is 9.67 Å². The van der Waals surface area contributed by atoms with E-state index in [1.165, 1.54) is 0 Å². The maximum atomic E-state index is 13.2. The number of amides is 1. The Morgan fingerprint density at radius 2 is 2.00 bits per heavy atom. The van der Waals surface area contributed by atoms with Gasteiger partial charge in [0.1, 0.15) is 12.3 Å². The van der Waals surface area contributed by atoms with Gasteiger partial charge in [0.05, 0.1) is 35.2 Å². The highest BCUT2D eigenvalue weighted by Gasteiger charge is 2.18. The zero-order valence-electron chi connectivity index (χ0n) is 20.0. The molecule has 4 heterocycles. The number of ether oxygens (including phenoxy) is 1. The van der Waals surface area contributed by atoms with Crippen molar-refractivity contribution >= 4 is 16.9 Å². The van der Waals surface area contributed by atoms with E-state index in [4.69, 9.17) is 14.1 Å². The summed E-state index contributed by atoms with van der Waals surface area (Å²) in [7, 11) is 0. The third-order valence-corrected chi connectivity index (χ3v) is 5.94. The zero-order valence-corrected chi connectivity index (χ0v) is 20.0. The lowest BCUT2D eigenvalue weighted by Crippen LogP contribution is -2.25. The maximum absolute atomic E-state index is 13.2. The number of fused-ring (bicyclic) bond motifs is 1. The van der Waals surface area contributed by atoms with Gasteiger partial charge in [-0.1, -0.05) is 30.3 Å². The molecule has 5 aromatic rings. The molecule has 0 fully saturated rings. The van der Waals surface area contributed by atoms with Crippen LogP contribution in [0.3, 0.4) is 0 Å². The zero-order chi connectivity index (χ0) is 24.7. The fourth-order valence-electron chi connectivity index (χ4n) is 4.01. The Balaban J connectivity index is 1.31. The molecule has 182 valence electrons. The maximum Gasteiger partial charge on any atom is 0.252 e. The van der Waals surface area contributed by atoms with E-state index in [0.29, 0.717) is 48.4 Å². The van der Waals surface area contributed by atoms with Crippen LogP contribution < -0.4 is 5.32 Å². The molecular formula is C28H27N5O3. The van der Waals surface area contributed by atoms with E-state index in [1.807, 2.05) is 61.5 Å². The minimum absolute atomic E-state index is 0.00349. The number of hydrogen-bond acceptors (Lipinski definition) is 6. The van der Waals surface area contributed by atoms with Crippen LogP contribution >= 0.6 is 0 Å². The van der Waals surface area contributed by atoms with Gasteiger partial charge in [-0.15, -0.1) is 0 Å². The summed E-state index contributed by atoms with van der Waals surface area (Å²) in [4.78, 5) is 22.2. The number of carbonyl (C=O) groups is 1. The second-order valence-electron chi connectivity index (χ2n) is 8.45. The summed E-state index contributed by atoms with van der Waals surface area (Å²) in [6, 6.07) is 19.4. The molecule has 36 heavy (non-hydrogen) atoms. The second kappa shape index (κ2) is 11.0. The molecule has 0 saturated carbocycles. The third-order valence-electron chi connectivity index (χ3n) is 5.94. The van der Waals surface area contributed by atoms with Crippen molar-refractivity contribution in [2.24, 2.45) is 0 Å². The van der Waals surface area contributed by atoms with E-state index in [2.05, 4.69) is 15.4 Å². The first kappa shape index (κ1) is 23.4. The first-order valence-electron chi connectivity index (χ1n) is 11.9. The molecule has 1 unspecified atom stereocenters. The normalized spacial score (nSPS) is 12.0. The molecule has 0 spiro atoms. The number of carbonyl (C=O) groups excluding carboxylic acids is 1. The van der Waals surface area contributed by atoms with Crippen LogP contribution in [0.5, 0.6) is 0 Å². The van der Waals surface area contributed by atoms with Crippen LogP contribution in [-0.4, -0.2) is 38.8 Å². The second-order valence-corrected chi connectivity index (χ2v) is 8.45. The minimum atomic E-state index is -0.179. The Morgan fingerprint density at radius 3 is 2.78 bits per heavy atom. The quantitative estimate of drug-likeness (QED) is 0.281. The van der Waals surface area contributed by atoms with E-state index < -0.39 is 0 Å². The standard InChI is InChI=1S/C28H27N5O3/c1-20(21-8-3-2-4-9-21)35-15-7-13-30-28(34)24-16-26(22-10-5-12-29-17-22)32-27-25(24)18-31-33(27)19-23-11-6-14-36-23/h2-6,8-12,14,16-18,20H,7,13,15,19H2,1H3,(H,30,34). The van der Waals surface area contributed by atoms with Crippen LogP contribution in [0.4, 0.5) is 0 Å². The molecule has 1 amide bonds. The summed E-state index contributed by atoms with van der Waals surface area (Å²) >= 11 is 0. The average molecular weight is 482 g/mol. The van der Waals surface area contributed by atoms with Crippen molar-refractivity contribution in [3.05, 3.63) is 102 Å². The molecule has 0 aliphatic heterocycles. The molecule has 1 atom stereocenters. The van der Waals surface area contributed by atoms with E-state index in [0.717, 1.165) is 16.9 Å². The van der Waals surface area contributed by atoms with Crippen molar-refractivity contribution in [2.45, 2.75) is 26.0 Å². The van der Waals surface area contributed by atoms with Crippen molar-refractivity contribution in [1.82, 2.24) is 25.1 Å². The smallest absolute Gasteiger partial charge is 0.252 e. The van der Waals surface area contributed by atoms with Crippen LogP contribution in [0.15, 0.2) is 89.9 Å². The molecule has 5 rings (SSSR count). The highest BCUT2D eigenvalue weighted by Crippen LogP contribution is 2.25. The molecule has 0 aliphatic carbocycles. The van der Waals surface area contributed by atoms with Crippen molar-refractivity contribution in [1.29, 1.82) is 0 Å². The highest BCUT2D eigenvalue weighted by molar-refractivity contribution is 6.06. The van der Waals surface area contributed by atoms with Gasteiger partial charge in [0.2, 0.25) is 0 Å². The number of rotatable bonds is 10. The van der Waals surface area contributed by atoms with Gasteiger partial charge < -0.3 is 14.5 Å². The largest absolute Gasteiger partial charge is 0.467 e. The molecule has 1 aromatic carbocycles. The SMILES string of the molecule is CC(OCCCNC(=O)c1cc(-c2cccnc2)nc2c1cnn2Cc1ccco1)c1ccccc1. The molecule has 0 radical (unpaired) electrons. The summed E-state index contributed by atoms with van der Waals surface area (Å²) in [6.07, 6.45) is 7.44. The Hall–Kier alpha value is -4.30. The van der Waals surface area contributed by atoms with E-state index in [1.54, 1.807) is 35.6 Å². The third kappa shape index (κ3) is 5.34. The van der Waals surface area contributed by atoms with Crippen molar-refractivity contribution in [3.63, 3.8) is 0 Å². The number of furan rings is 1. The number of pyridine rings is 2. The number of hydrogen-bond donors (Lipinski definition) is 1. The predicted molar refractivity (Wildman–Crippen MR) is 136 cm³/mol. The molecule has 1 N–H and O–H groups in total. The predicted octanol–water partition coefficient (Wildman–Crippen LogP) is 5.03. The number of nitrogens with zero attached hydrogens (tertiary/aromatic N) is 4. The number of benzene rings is 1. The Kier molecular flexibility index (Phi) is 7.14. The molecule has 4 aromatic heterocycles. The van der Waals surface area contributed by atoms with Gasteiger partial charge in [0.25, 0.3) is 5.91 Å². The number of aromatic nitrogens is 4. The fraction of sp³-hybridized carbons (Fsp3) is 0.214. The number of nitrogens with one attached hydrogen (secondary N) is 1. The van der Waals surface area contributed by atoms with Gasteiger partial charge in [0, 0.05) is 31.1 Å². The summed E-state index contributed by atoms with van der Waals surface area (Å²) in [6.45, 7) is 3.48. The van der Waals surface area contributed by atoms with Crippen LogP contribution in [0.1, 0.15) is 41.1 Å². The van der Waals surface area contributed by atoms with Crippen LogP contribution in [-0.2, 0) is 11.3 Å². The topological polar surface area (TPSA) is 95.1 Å². The molecule has 0 bridgehead atoms. The molecule has 0 saturated heterocycles. The van der Waals surface area contributed by atoms with Gasteiger partial charge in [-0.05, 0) is 49.2 Å². The van der Waals surface area contributed by atoms with Gasteiger partial charge >= 0.3 is 0 Å². The fourth-order valence-corrected chi connectivity index (χ4v) is 4.01. The first-order valence-corrected chi connectivity index (χ1v) is 11.9. The van der Waals surface area contributed by atoms with Gasteiger partial charge in [-0.3, -0.25) is 9.78 Å². The van der Waals surface area contributed by atoms with Crippen LogP contribution in [0, 0.1) is 0 Å². The summed E-state index contributed by atoms with van der Waals surface area (Å²) in [5.41, 5.74) is 3.74. The first-order chi connectivity index (χ1) is 17.7. The summed E-state index contributed by atoms with van der Waals surface area (Å²) in [5, 5.41) is 8.19. The van der Waals surface area contributed by atoms with Crippen molar-refractivity contribution in [3.8, 4) is 11.3 Å². The van der Waals surface area contributed by atoms with Crippen molar-refractivity contribution in [2.75, 3.05) is 13.2 Å². The summed E-state index contributed by atoms with van der Waals surface area (Å²) in [5.74, 6) is 0.575. The van der Waals surface area contributed by atoms with Gasteiger partial charge in [-0.2, -0.15) is 5.10 Å².